The Morgan fingerprint density at radius 1 is 0.939 bits per heavy atom. The summed E-state index contributed by atoms with van der Waals surface area (Å²) < 4.78 is 23.5. The van der Waals surface area contributed by atoms with Crippen molar-refractivity contribution in [1.29, 1.82) is 0 Å². The number of hydrazone groups is 1. The van der Waals surface area contributed by atoms with Gasteiger partial charge in [0.25, 0.3) is 0 Å². The molecule has 0 amide bonds. The largest absolute Gasteiger partial charge is 0.497 e. The van der Waals surface area contributed by atoms with Gasteiger partial charge < -0.3 is 18.9 Å². The minimum atomic E-state index is -0.372. The van der Waals surface area contributed by atoms with Crippen molar-refractivity contribution >= 4 is 5.71 Å². The zero-order chi connectivity index (χ0) is 22.8. The third kappa shape index (κ3) is 3.97. The highest BCUT2D eigenvalue weighted by Gasteiger charge is 2.42. The Bertz CT molecular complexity index is 1160. The Balaban J connectivity index is 1.57. The molecule has 0 N–H and O–H groups in total. The van der Waals surface area contributed by atoms with Gasteiger partial charge >= 0.3 is 0 Å². The number of nitrogens with zero attached hydrogens (tertiary/aromatic N) is 2. The van der Waals surface area contributed by atoms with E-state index in [0.717, 1.165) is 51.8 Å². The van der Waals surface area contributed by atoms with Crippen LogP contribution < -0.4 is 18.9 Å². The van der Waals surface area contributed by atoms with Crippen molar-refractivity contribution in [2.24, 2.45) is 5.10 Å². The predicted molar refractivity (Wildman–Crippen MR) is 127 cm³/mol. The van der Waals surface area contributed by atoms with Crippen LogP contribution in [0.5, 0.6) is 23.0 Å². The van der Waals surface area contributed by atoms with Gasteiger partial charge in [0.05, 0.1) is 32.1 Å². The van der Waals surface area contributed by atoms with Gasteiger partial charge in [-0.2, -0.15) is 5.10 Å². The van der Waals surface area contributed by atoms with Gasteiger partial charge in [-0.15, -0.1) is 0 Å². The first-order valence-electron chi connectivity index (χ1n) is 11.4. The SMILES string of the molecule is CCOc1ccc([C@H]2Oc3c(OCC)cccc3[C@H]3CC(c4cccc(OC)c4)=NN32)cc1. The lowest BCUT2D eigenvalue weighted by atomic mass is 9.95. The lowest BCUT2D eigenvalue weighted by Gasteiger charge is -2.38. The summed E-state index contributed by atoms with van der Waals surface area (Å²) in [5, 5.41) is 7.12. The number of ether oxygens (including phenoxy) is 4. The van der Waals surface area contributed by atoms with E-state index in [4.69, 9.17) is 24.0 Å². The summed E-state index contributed by atoms with van der Waals surface area (Å²) in [6.45, 7) is 5.17. The van der Waals surface area contributed by atoms with Crippen LogP contribution in [0.15, 0.2) is 71.8 Å². The van der Waals surface area contributed by atoms with Crippen molar-refractivity contribution in [1.82, 2.24) is 5.01 Å². The average molecular weight is 445 g/mol. The van der Waals surface area contributed by atoms with E-state index in [0.29, 0.717) is 13.2 Å². The highest BCUT2D eigenvalue weighted by Crippen LogP contribution is 2.50. The van der Waals surface area contributed by atoms with E-state index >= 15 is 0 Å². The normalized spacial score (nSPS) is 18.6. The maximum atomic E-state index is 6.57. The molecule has 0 saturated carbocycles. The number of para-hydroxylation sites is 1. The van der Waals surface area contributed by atoms with Gasteiger partial charge in [0.1, 0.15) is 11.5 Å². The predicted octanol–water partition coefficient (Wildman–Crippen LogP) is 5.73. The lowest BCUT2D eigenvalue weighted by molar-refractivity contribution is -0.0212. The van der Waals surface area contributed by atoms with Gasteiger partial charge in [-0.1, -0.05) is 24.3 Å². The standard InChI is InChI=1S/C27H28N2O4/c1-4-31-20-14-12-18(13-15-20)27-29-24(22-10-7-11-25(32-5-2)26(22)33-27)17-23(28-29)19-8-6-9-21(16-19)30-3/h6-16,24,27H,4-5,17H2,1-3H3/t24-,27-/m1/s1. The number of rotatable bonds is 7. The third-order valence-electron chi connectivity index (χ3n) is 5.96. The van der Waals surface area contributed by atoms with E-state index in [1.54, 1.807) is 7.11 Å². The number of methoxy groups -OCH3 is 1. The Kier molecular flexibility index (Phi) is 5.82. The number of hydrogen-bond donors (Lipinski definition) is 0. The highest BCUT2D eigenvalue weighted by molar-refractivity contribution is 6.02. The molecule has 6 nitrogen and oxygen atoms in total. The smallest absolute Gasteiger partial charge is 0.214 e. The van der Waals surface area contributed by atoms with Crippen LogP contribution in [-0.4, -0.2) is 31.0 Å². The maximum absolute atomic E-state index is 6.57. The lowest BCUT2D eigenvalue weighted by Crippen LogP contribution is -2.33. The molecule has 0 radical (unpaired) electrons. The number of hydrogen-bond acceptors (Lipinski definition) is 6. The van der Waals surface area contributed by atoms with Crippen LogP contribution in [0.4, 0.5) is 0 Å². The van der Waals surface area contributed by atoms with E-state index in [-0.39, 0.29) is 12.3 Å². The molecule has 0 bridgehead atoms. The summed E-state index contributed by atoms with van der Waals surface area (Å²) in [5.74, 6) is 3.21. The molecule has 6 heteroatoms. The second-order valence-electron chi connectivity index (χ2n) is 7.96. The van der Waals surface area contributed by atoms with Gasteiger partial charge in [0.2, 0.25) is 6.23 Å². The molecule has 2 aliphatic heterocycles. The zero-order valence-electron chi connectivity index (χ0n) is 19.2. The monoisotopic (exact) mass is 444 g/mol. The van der Waals surface area contributed by atoms with Crippen molar-refractivity contribution in [3.8, 4) is 23.0 Å². The summed E-state index contributed by atoms with van der Waals surface area (Å²) >= 11 is 0. The minimum absolute atomic E-state index is 0.0481. The molecule has 0 aromatic heterocycles. The highest BCUT2D eigenvalue weighted by atomic mass is 16.5. The van der Waals surface area contributed by atoms with Crippen molar-refractivity contribution < 1.29 is 18.9 Å². The Labute approximate surface area is 194 Å². The molecule has 170 valence electrons. The summed E-state index contributed by atoms with van der Waals surface area (Å²) in [7, 11) is 1.68. The quantitative estimate of drug-likeness (QED) is 0.465. The first kappa shape index (κ1) is 21.2. The number of fused-ring (bicyclic) bond motifs is 3. The number of benzene rings is 3. The topological polar surface area (TPSA) is 52.5 Å². The maximum Gasteiger partial charge on any atom is 0.214 e. The van der Waals surface area contributed by atoms with Gasteiger partial charge in [-0.05, 0) is 56.3 Å². The molecular weight excluding hydrogens is 416 g/mol. The summed E-state index contributed by atoms with van der Waals surface area (Å²) in [5.41, 5.74) is 4.16. The van der Waals surface area contributed by atoms with Gasteiger partial charge in [-0.3, -0.25) is 0 Å². The van der Waals surface area contributed by atoms with Crippen LogP contribution in [0.2, 0.25) is 0 Å². The van der Waals surface area contributed by atoms with Crippen LogP contribution >= 0.6 is 0 Å². The second kappa shape index (κ2) is 9.06. The summed E-state index contributed by atoms with van der Waals surface area (Å²) in [6.07, 6.45) is 0.398. The Morgan fingerprint density at radius 2 is 1.73 bits per heavy atom. The first-order chi connectivity index (χ1) is 16.2. The minimum Gasteiger partial charge on any atom is -0.497 e. The molecule has 0 unspecified atom stereocenters. The fourth-order valence-electron chi connectivity index (χ4n) is 4.45. The van der Waals surface area contributed by atoms with Gasteiger partial charge in [0, 0.05) is 23.1 Å². The molecule has 5 rings (SSSR count). The van der Waals surface area contributed by atoms with Crippen molar-refractivity contribution in [3.63, 3.8) is 0 Å². The van der Waals surface area contributed by atoms with Crippen molar-refractivity contribution in [2.45, 2.75) is 32.5 Å². The fourth-order valence-corrected chi connectivity index (χ4v) is 4.45. The Hall–Kier alpha value is -3.67. The molecule has 2 atom stereocenters. The van der Waals surface area contributed by atoms with Crippen LogP contribution in [0.3, 0.4) is 0 Å². The molecule has 0 aliphatic carbocycles. The van der Waals surface area contributed by atoms with E-state index in [9.17, 15) is 0 Å². The Morgan fingerprint density at radius 3 is 2.48 bits per heavy atom. The van der Waals surface area contributed by atoms with Crippen LogP contribution in [0, 0.1) is 0 Å². The van der Waals surface area contributed by atoms with Crippen LogP contribution in [-0.2, 0) is 0 Å². The molecule has 0 saturated heterocycles. The van der Waals surface area contributed by atoms with Gasteiger partial charge in [-0.25, -0.2) is 5.01 Å². The van der Waals surface area contributed by atoms with E-state index < -0.39 is 0 Å². The van der Waals surface area contributed by atoms with Crippen molar-refractivity contribution in [3.05, 3.63) is 83.4 Å². The van der Waals surface area contributed by atoms with E-state index in [1.807, 2.05) is 68.4 Å². The molecule has 0 spiro atoms. The molecule has 2 heterocycles. The summed E-state index contributed by atoms with van der Waals surface area (Å²) in [6, 6.07) is 22.2. The molecule has 2 aliphatic rings. The average Bonchev–Trinajstić information content (AvgIpc) is 3.31. The molecule has 3 aromatic rings. The zero-order valence-corrected chi connectivity index (χ0v) is 19.2. The van der Waals surface area contributed by atoms with Crippen molar-refractivity contribution in [2.75, 3.05) is 20.3 Å². The van der Waals surface area contributed by atoms with E-state index in [2.05, 4.69) is 17.1 Å². The second-order valence-corrected chi connectivity index (χ2v) is 7.96. The molecular formula is C27H28N2O4. The first-order valence-corrected chi connectivity index (χ1v) is 11.4. The molecule has 33 heavy (non-hydrogen) atoms. The van der Waals surface area contributed by atoms with Crippen LogP contribution in [0.25, 0.3) is 0 Å². The van der Waals surface area contributed by atoms with E-state index in [1.165, 1.54) is 0 Å². The third-order valence-corrected chi connectivity index (χ3v) is 5.96. The molecule has 3 aromatic carbocycles. The van der Waals surface area contributed by atoms with Gasteiger partial charge in [0.15, 0.2) is 11.5 Å². The fraction of sp³-hybridized carbons (Fsp3) is 0.296. The molecule has 0 fully saturated rings. The summed E-state index contributed by atoms with van der Waals surface area (Å²) in [4.78, 5) is 0. The van der Waals surface area contributed by atoms with Crippen LogP contribution in [0.1, 0.15) is 49.2 Å².